The lowest BCUT2D eigenvalue weighted by atomic mass is 10.1. The third kappa shape index (κ3) is 4.64. The number of aliphatic hydroxyl groups excluding tert-OH is 2. The quantitative estimate of drug-likeness (QED) is 0.643. The number of methoxy groups -OCH3 is 1. The van der Waals surface area contributed by atoms with Crippen LogP contribution in [0.25, 0.3) is 0 Å². The van der Waals surface area contributed by atoms with Gasteiger partial charge in [-0.05, 0) is 38.9 Å². The van der Waals surface area contributed by atoms with Crippen LogP contribution in [0.5, 0.6) is 5.75 Å². The van der Waals surface area contributed by atoms with E-state index in [9.17, 15) is 5.11 Å². The van der Waals surface area contributed by atoms with Crippen molar-refractivity contribution in [1.82, 2.24) is 5.32 Å². The van der Waals surface area contributed by atoms with E-state index < -0.39 is 6.10 Å². The first-order chi connectivity index (χ1) is 8.54. The fourth-order valence-corrected chi connectivity index (χ4v) is 1.77. The Morgan fingerprint density at radius 2 is 2.06 bits per heavy atom. The van der Waals surface area contributed by atoms with Gasteiger partial charge in [-0.1, -0.05) is 11.6 Å². The molecular formula is C14H23NO3. The van der Waals surface area contributed by atoms with Gasteiger partial charge in [-0.2, -0.15) is 0 Å². The number of nitrogens with one attached hydrogen (secondary N) is 1. The average molecular weight is 253 g/mol. The Balaban J connectivity index is 2.55. The maximum absolute atomic E-state index is 10.1. The van der Waals surface area contributed by atoms with E-state index >= 15 is 0 Å². The van der Waals surface area contributed by atoms with Gasteiger partial charge >= 0.3 is 0 Å². The largest absolute Gasteiger partial charge is 0.496 e. The van der Waals surface area contributed by atoms with E-state index in [4.69, 9.17) is 9.84 Å². The molecule has 0 aromatic heterocycles. The monoisotopic (exact) mass is 253 g/mol. The van der Waals surface area contributed by atoms with E-state index in [1.165, 1.54) is 0 Å². The van der Waals surface area contributed by atoms with Crippen molar-refractivity contribution in [1.29, 1.82) is 0 Å². The molecule has 1 aromatic rings. The zero-order valence-corrected chi connectivity index (χ0v) is 11.3. The molecule has 2 atom stereocenters. The van der Waals surface area contributed by atoms with Crippen LogP contribution in [0.15, 0.2) is 18.2 Å². The summed E-state index contributed by atoms with van der Waals surface area (Å²) in [5, 5.41) is 22.4. The lowest BCUT2D eigenvalue weighted by molar-refractivity contribution is 0.160. The van der Waals surface area contributed by atoms with Crippen molar-refractivity contribution < 1.29 is 14.9 Å². The standard InChI is InChI=1S/C14H23NO3/c1-10-4-5-14(18-3)12(8-10)13(17)9-15-7-6-11(2)16/h4-5,8,11,13,15-17H,6-7,9H2,1-3H3. The van der Waals surface area contributed by atoms with Crippen LogP contribution in [0.4, 0.5) is 0 Å². The number of rotatable bonds is 7. The molecule has 2 unspecified atom stereocenters. The van der Waals surface area contributed by atoms with Crippen molar-refractivity contribution in [2.75, 3.05) is 20.2 Å². The van der Waals surface area contributed by atoms with Crippen molar-refractivity contribution in [3.63, 3.8) is 0 Å². The summed E-state index contributed by atoms with van der Waals surface area (Å²) in [5.41, 5.74) is 1.89. The molecule has 102 valence electrons. The molecule has 0 saturated heterocycles. The first-order valence-electron chi connectivity index (χ1n) is 6.26. The molecule has 4 heteroatoms. The van der Waals surface area contributed by atoms with Gasteiger partial charge in [0.2, 0.25) is 0 Å². The van der Waals surface area contributed by atoms with Crippen LogP contribution in [0.2, 0.25) is 0 Å². The van der Waals surface area contributed by atoms with Crippen LogP contribution >= 0.6 is 0 Å². The second-order valence-electron chi connectivity index (χ2n) is 4.60. The van der Waals surface area contributed by atoms with E-state index in [0.717, 1.165) is 11.1 Å². The van der Waals surface area contributed by atoms with Crippen LogP contribution in [0.1, 0.15) is 30.6 Å². The molecule has 3 N–H and O–H groups in total. The van der Waals surface area contributed by atoms with Crippen molar-refractivity contribution in [2.24, 2.45) is 0 Å². The molecule has 0 bridgehead atoms. The summed E-state index contributed by atoms with van der Waals surface area (Å²) >= 11 is 0. The summed E-state index contributed by atoms with van der Waals surface area (Å²) in [7, 11) is 1.60. The van der Waals surface area contributed by atoms with Crippen molar-refractivity contribution in [3.05, 3.63) is 29.3 Å². The lowest BCUT2D eigenvalue weighted by Gasteiger charge is -2.16. The molecule has 0 aliphatic heterocycles. The predicted molar refractivity (Wildman–Crippen MR) is 71.9 cm³/mol. The summed E-state index contributed by atoms with van der Waals surface area (Å²) in [6.07, 6.45) is -0.241. The van der Waals surface area contributed by atoms with E-state index in [0.29, 0.717) is 25.3 Å². The fraction of sp³-hybridized carbons (Fsp3) is 0.571. The molecule has 4 nitrogen and oxygen atoms in total. The van der Waals surface area contributed by atoms with E-state index in [-0.39, 0.29) is 6.10 Å². The van der Waals surface area contributed by atoms with Gasteiger partial charge in [0.05, 0.1) is 19.3 Å². The Kier molecular flexibility index (Phi) is 6.12. The smallest absolute Gasteiger partial charge is 0.124 e. The molecule has 0 aliphatic carbocycles. The number of aliphatic hydroxyl groups is 2. The molecule has 0 amide bonds. The Morgan fingerprint density at radius 3 is 2.67 bits per heavy atom. The highest BCUT2D eigenvalue weighted by Crippen LogP contribution is 2.25. The summed E-state index contributed by atoms with van der Waals surface area (Å²) < 4.78 is 5.24. The van der Waals surface area contributed by atoms with Crippen molar-refractivity contribution in [2.45, 2.75) is 32.5 Å². The SMILES string of the molecule is COc1ccc(C)cc1C(O)CNCCC(C)O. The second-order valence-corrected chi connectivity index (χ2v) is 4.60. The van der Waals surface area contributed by atoms with E-state index in [1.807, 2.05) is 25.1 Å². The maximum atomic E-state index is 10.1. The first-order valence-corrected chi connectivity index (χ1v) is 6.26. The van der Waals surface area contributed by atoms with Crippen LogP contribution < -0.4 is 10.1 Å². The van der Waals surface area contributed by atoms with E-state index in [2.05, 4.69) is 5.32 Å². The number of aryl methyl sites for hydroxylation is 1. The molecule has 0 fully saturated rings. The van der Waals surface area contributed by atoms with Gasteiger partial charge in [0.25, 0.3) is 0 Å². The van der Waals surface area contributed by atoms with Gasteiger partial charge in [0.1, 0.15) is 5.75 Å². The van der Waals surface area contributed by atoms with Gasteiger partial charge in [0, 0.05) is 12.1 Å². The molecular weight excluding hydrogens is 230 g/mol. The number of benzene rings is 1. The highest BCUT2D eigenvalue weighted by atomic mass is 16.5. The average Bonchev–Trinajstić information content (AvgIpc) is 2.34. The number of hydrogen-bond acceptors (Lipinski definition) is 4. The fourth-order valence-electron chi connectivity index (χ4n) is 1.77. The molecule has 1 aromatic carbocycles. The number of hydrogen-bond donors (Lipinski definition) is 3. The van der Waals surface area contributed by atoms with E-state index in [1.54, 1.807) is 14.0 Å². The highest BCUT2D eigenvalue weighted by Gasteiger charge is 2.13. The molecule has 0 saturated carbocycles. The zero-order chi connectivity index (χ0) is 13.5. The Labute approximate surface area is 109 Å². The van der Waals surface area contributed by atoms with Gasteiger partial charge in [-0.3, -0.25) is 0 Å². The minimum absolute atomic E-state index is 0.317. The summed E-state index contributed by atoms with van der Waals surface area (Å²) in [6, 6.07) is 5.75. The normalized spacial score (nSPS) is 14.3. The lowest BCUT2D eigenvalue weighted by Crippen LogP contribution is -2.24. The van der Waals surface area contributed by atoms with Gasteiger partial charge in [0.15, 0.2) is 0 Å². The van der Waals surface area contributed by atoms with Crippen molar-refractivity contribution >= 4 is 0 Å². The highest BCUT2D eigenvalue weighted by molar-refractivity contribution is 5.38. The third-order valence-corrected chi connectivity index (χ3v) is 2.82. The Bertz CT molecular complexity index is 366. The minimum atomic E-state index is -0.603. The van der Waals surface area contributed by atoms with Gasteiger partial charge in [-0.15, -0.1) is 0 Å². The van der Waals surface area contributed by atoms with Crippen LogP contribution in [-0.2, 0) is 0 Å². The van der Waals surface area contributed by atoms with Crippen LogP contribution in [-0.4, -0.2) is 36.5 Å². The Hall–Kier alpha value is -1.10. The minimum Gasteiger partial charge on any atom is -0.496 e. The molecule has 0 aliphatic rings. The number of ether oxygens (including phenoxy) is 1. The molecule has 1 rings (SSSR count). The van der Waals surface area contributed by atoms with Gasteiger partial charge in [-0.25, -0.2) is 0 Å². The maximum Gasteiger partial charge on any atom is 0.124 e. The zero-order valence-electron chi connectivity index (χ0n) is 11.3. The third-order valence-electron chi connectivity index (χ3n) is 2.82. The molecule has 0 radical (unpaired) electrons. The van der Waals surface area contributed by atoms with Crippen molar-refractivity contribution in [3.8, 4) is 5.75 Å². The topological polar surface area (TPSA) is 61.7 Å². The second kappa shape index (κ2) is 7.36. The molecule has 0 spiro atoms. The first kappa shape index (κ1) is 15.0. The summed E-state index contributed by atoms with van der Waals surface area (Å²) in [6.45, 7) is 4.87. The summed E-state index contributed by atoms with van der Waals surface area (Å²) in [4.78, 5) is 0. The van der Waals surface area contributed by atoms with Crippen LogP contribution in [0.3, 0.4) is 0 Å². The van der Waals surface area contributed by atoms with Gasteiger partial charge < -0.3 is 20.3 Å². The van der Waals surface area contributed by atoms with Crippen LogP contribution in [0, 0.1) is 6.92 Å². The Morgan fingerprint density at radius 1 is 1.33 bits per heavy atom. The molecule has 0 heterocycles. The predicted octanol–water partition coefficient (Wildman–Crippen LogP) is 1.40. The summed E-state index contributed by atoms with van der Waals surface area (Å²) in [5.74, 6) is 0.699. The molecule has 18 heavy (non-hydrogen) atoms.